The van der Waals surface area contributed by atoms with Crippen LogP contribution < -0.4 is 5.32 Å². The summed E-state index contributed by atoms with van der Waals surface area (Å²) in [5.74, 6) is 0. The fraction of sp³-hybridized carbons (Fsp3) is 0.800. The van der Waals surface area contributed by atoms with Crippen LogP contribution in [-0.2, 0) is 6.54 Å². The smallest absolute Gasteiger partial charge is 0.0764 e. The van der Waals surface area contributed by atoms with Crippen LogP contribution in [0.1, 0.15) is 51.3 Å². The zero-order chi connectivity index (χ0) is 13.7. The molecule has 4 nitrogen and oxygen atoms in total. The van der Waals surface area contributed by atoms with Crippen LogP contribution in [-0.4, -0.2) is 40.9 Å². The molecule has 0 bridgehead atoms. The molecule has 1 saturated heterocycles. The van der Waals surface area contributed by atoms with Crippen LogP contribution >= 0.6 is 0 Å². The first-order valence-corrected chi connectivity index (χ1v) is 7.69. The highest BCUT2D eigenvalue weighted by molar-refractivity contribution is 5.00. The lowest BCUT2D eigenvalue weighted by Crippen LogP contribution is -2.43. The summed E-state index contributed by atoms with van der Waals surface area (Å²) in [5.41, 5.74) is 1.19. The number of hydrogen-bond acceptors (Lipinski definition) is 3. The Morgan fingerprint density at radius 3 is 2.89 bits per heavy atom. The largest absolute Gasteiger partial charge is 0.315 e. The summed E-state index contributed by atoms with van der Waals surface area (Å²) in [6.45, 7) is 7.71. The van der Waals surface area contributed by atoms with E-state index < -0.39 is 0 Å². The second-order valence-corrected chi connectivity index (χ2v) is 5.67. The SMILES string of the molecule is CCC(CC)n1ccc(CN(C)C2CCCNC2)n1. The average Bonchev–Trinajstić information content (AvgIpc) is 2.89. The van der Waals surface area contributed by atoms with Crippen molar-refractivity contribution in [3.8, 4) is 0 Å². The molecule has 0 aliphatic carbocycles. The van der Waals surface area contributed by atoms with Crippen molar-refractivity contribution >= 4 is 0 Å². The van der Waals surface area contributed by atoms with E-state index in [1.54, 1.807) is 0 Å². The highest BCUT2D eigenvalue weighted by Crippen LogP contribution is 2.16. The first-order chi connectivity index (χ1) is 9.24. The maximum Gasteiger partial charge on any atom is 0.0764 e. The van der Waals surface area contributed by atoms with Crippen LogP contribution in [0.15, 0.2) is 12.3 Å². The summed E-state index contributed by atoms with van der Waals surface area (Å²) >= 11 is 0. The Kier molecular flexibility index (Phi) is 5.40. The van der Waals surface area contributed by atoms with Crippen molar-refractivity contribution in [1.29, 1.82) is 0 Å². The van der Waals surface area contributed by atoms with E-state index in [0.717, 1.165) is 25.9 Å². The highest BCUT2D eigenvalue weighted by atomic mass is 15.3. The fourth-order valence-corrected chi connectivity index (χ4v) is 2.92. The first kappa shape index (κ1) is 14.5. The van der Waals surface area contributed by atoms with Gasteiger partial charge >= 0.3 is 0 Å². The Morgan fingerprint density at radius 1 is 1.47 bits per heavy atom. The summed E-state index contributed by atoms with van der Waals surface area (Å²) < 4.78 is 2.14. The quantitative estimate of drug-likeness (QED) is 0.856. The predicted octanol–water partition coefficient (Wildman–Crippen LogP) is 2.43. The molecule has 0 radical (unpaired) electrons. The number of hydrogen-bond donors (Lipinski definition) is 1. The van der Waals surface area contributed by atoms with Crippen molar-refractivity contribution < 1.29 is 0 Å². The van der Waals surface area contributed by atoms with Crippen molar-refractivity contribution in [3.05, 3.63) is 18.0 Å². The predicted molar refractivity (Wildman–Crippen MR) is 79.2 cm³/mol. The van der Waals surface area contributed by atoms with Crippen LogP contribution in [0.5, 0.6) is 0 Å². The first-order valence-electron chi connectivity index (χ1n) is 7.69. The van der Waals surface area contributed by atoms with Gasteiger partial charge in [0.1, 0.15) is 0 Å². The molecule has 1 aromatic rings. The molecule has 2 heterocycles. The zero-order valence-corrected chi connectivity index (χ0v) is 12.6. The molecule has 1 aliphatic rings. The van der Waals surface area contributed by atoms with Crippen molar-refractivity contribution in [2.45, 2.75) is 58.2 Å². The van der Waals surface area contributed by atoms with E-state index in [-0.39, 0.29) is 0 Å². The van der Waals surface area contributed by atoms with Gasteiger partial charge in [-0.25, -0.2) is 0 Å². The van der Waals surface area contributed by atoms with Crippen LogP contribution in [0.3, 0.4) is 0 Å². The van der Waals surface area contributed by atoms with Gasteiger partial charge in [-0.05, 0) is 45.3 Å². The molecule has 19 heavy (non-hydrogen) atoms. The third-order valence-electron chi connectivity index (χ3n) is 4.29. The number of likely N-dealkylation sites (N-methyl/N-ethyl adjacent to an activating group) is 1. The number of aromatic nitrogens is 2. The van der Waals surface area contributed by atoms with Crippen molar-refractivity contribution in [2.75, 3.05) is 20.1 Å². The van der Waals surface area contributed by atoms with E-state index in [9.17, 15) is 0 Å². The molecule has 2 rings (SSSR count). The lowest BCUT2D eigenvalue weighted by Gasteiger charge is -2.31. The summed E-state index contributed by atoms with van der Waals surface area (Å²) in [4.78, 5) is 2.44. The van der Waals surface area contributed by atoms with Crippen molar-refractivity contribution in [3.63, 3.8) is 0 Å². The average molecular weight is 264 g/mol. The minimum atomic E-state index is 0.551. The Morgan fingerprint density at radius 2 is 2.26 bits per heavy atom. The summed E-state index contributed by atoms with van der Waals surface area (Å²) in [6.07, 6.45) is 7.04. The third-order valence-corrected chi connectivity index (χ3v) is 4.29. The van der Waals surface area contributed by atoms with Crippen LogP contribution in [0, 0.1) is 0 Å². The Bertz CT molecular complexity index is 364. The minimum Gasteiger partial charge on any atom is -0.315 e. The normalized spacial score (nSPS) is 20.4. The maximum absolute atomic E-state index is 4.74. The molecule has 1 N–H and O–H groups in total. The molecule has 0 spiro atoms. The lowest BCUT2D eigenvalue weighted by molar-refractivity contribution is 0.193. The summed E-state index contributed by atoms with van der Waals surface area (Å²) in [7, 11) is 2.22. The molecule has 1 unspecified atom stereocenters. The van der Waals surface area contributed by atoms with Crippen LogP contribution in [0.4, 0.5) is 0 Å². The minimum absolute atomic E-state index is 0.551. The van der Waals surface area contributed by atoms with E-state index in [0.29, 0.717) is 12.1 Å². The lowest BCUT2D eigenvalue weighted by atomic mass is 10.1. The standard InChI is InChI=1S/C15H28N4/c1-4-14(5-2)19-10-8-13(17-19)12-18(3)15-7-6-9-16-11-15/h8,10,14-16H,4-7,9,11-12H2,1-3H3. The topological polar surface area (TPSA) is 33.1 Å². The summed E-state index contributed by atoms with van der Waals surface area (Å²) in [6, 6.07) is 3.38. The molecule has 0 saturated carbocycles. The number of piperidine rings is 1. The number of nitrogens with zero attached hydrogens (tertiary/aromatic N) is 3. The second-order valence-electron chi connectivity index (χ2n) is 5.67. The number of rotatable bonds is 6. The van der Waals surface area contributed by atoms with Gasteiger partial charge in [-0.3, -0.25) is 9.58 Å². The molecule has 0 aromatic carbocycles. The molecular formula is C15H28N4. The molecule has 1 atom stereocenters. The van der Waals surface area contributed by atoms with Gasteiger partial charge in [-0.1, -0.05) is 13.8 Å². The highest BCUT2D eigenvalue weighted by Gasteiger charge is 2.18. The van der Waals surface area contributed by atoms with Gasteiger partial charge < -0.3 is 5.32 Å². The monoisotopic (exact) mass is 264 g/mol. The van der Waals surface area contributed by atoms with Gasteiger partial charge in [0, 0.05) is 25.3 Å². The Hall–Kier alpha value is -0.870. The number of nitrogens with one attached hydrogen (secondary N) is 1. The van der Waals surface area contributed by atoms with Crippen LogP contribution in [0.2, 0.25) is 0 Å². The molecule has 4 heteroatoms. The van der Waals surface area contributed by atoms with Crippen molar-refractivity contribution in [2.24, 2.45) is 0 Å². The summed E-state index contributed by atoms with van der Waals surface area (Å²) in [5, 5.41) is 8.22. The molecule has 108 valence electrons. The molecular weight excluding hydrogens is 236 g/mol. The Labute approximate surface area is 117 Å². The van der Waals surface area contributed by atoms with Gasteiger partial charge in [-0.2, -0.15) is 5.10 Å². The van der Waals surface area contributed by atoms with Gasteiger partial charge in [0.2, 0.25) is 0 Å². The van der Waals surface area contributed by atoms with E-state index >= 15 is 0 Å². The van der Waals surface area contributed by atoms with Crippen LogP contribution in [0.25, 0.3) is 0 Å². The molecule has 1 aromatic heterocycles. The van der Waals surface area contributed by atoms with Gasteiger partial charge in [0.05, 0.1) is 11.7 Å². The van der Waals surface area contributed by atoms with Crippen molar-refractivity contribution in [1.82, 2.24) is 20.0 Å². The molecule has 1 fully saturated rings. The van der Waals surface area contributed by atoms with E-state index in [2.05, 4.69) is 48.1 Å². The zero-order valence-electron chi connectivity index (χ0n) is 12.6. The third kappa shape index (κ3) is 3.80. The maximum atomic E-state index is 4.74. The van der Waals surface area contributed by atoms with Gasteiger partial charge in [0.25, 0.3) is 0 Å². The fourth-order valence-electron chi connectivity index (χ4n) is 2.92. The second kappa shape index (κ2) is 7.06. The van der Waals surface area contributed by atoms with Gasteiger partial charge in [0.15, 0.2) is 0 Å². The Balaban J connectivity index is 1.91. The molecule has 1 aliphatic heterocycles. The van der Waals surface area contributed by atoms with E-state index in [4.69, 9.17) is 5.10 Å². The van der Waals surface area contributed by atoms with E-state index in [1.165, 1.54) is 25.1 Å². The van der Waals surface area contributed by atoms with E-state index in [1.807, 2.05) is 0 Å². The van der Waals surface area contributed by atoms with Gasteiger partial charge in [-0.15, -0.1) is 0 Å². The molecule has 0 amide bonds.